The number of anilines is 2. The molecule has 156 valence electrons. The molecule has 0 aliphatic carbocycles. The van der Waals surface area contributed by atoms with E-state index in [0.29, 0.717) is 36.5 Å². The average Bonchev–Trinajstić information content (AvgIpc) is 3.21. The van der Waals surface area contributed by atoms with Crippen molar-refractivity contribution in [3.63, 3.8) is 0 Å². The molecular formula is C20H22F3N3O2S. The minimum atomic E-state index is -4.58. The first-order valence-electron chi connectivity index (χ1n) is 9.19. The number of carbonyl (C=O) groups excluding carboxylic acids is 2. The molecule has 2 amide bonds. The Morgan fingerprint density at radius 2 is 1.86 bits per heavy atom. The van der Waals surface area contributed by atoms with Crippen LogP contribution in [0, 0.1) is 5.92 Å². The van der Waals surface area contributed by atoms with Crippen LogP contribution >= 0.6 is 11.3 Å². The van der Waals surface area contributed by atoms with Crippen LogP contribution < -0.4 is 10.2 Å². The van der Waals surface area contributed by atoms with Gasteiger partial charge in [0.15, 0.2) is 0 Å². The summed E-state index contributed by atoms with van der Waals surface area (Å²) in [5.41, 5.74) is -0.719. The molecule has 0 bridgehead atoms. The van der Waals surface area contributed by atoms with Crippen LogP contribution in [0.3, 0.4) is 0 Å². The molecule has 0 radical (unpaired) electrons. The lowest BCUT2D eigenvalue weighted by atomic mass is 9.95. The van der Waals surface area contributed by atoms with Crippen molar-refractivity contribution >= 4 is 34.5 Å². The van der Waals surface area contributed by atoms with Crippen molar-refractivity contribution in [1.29, 1.82) is 0 Å². The number of rotatable bonds is 4. The van der Waals surface area contributed by atoms with Gasteiger partial charge in [0.05, 0.1) is 16.1 Å². The van der Waals surface area contributed by atoms with E-state index in [-0.39, 0.29) is 11.6 Å². The average molecular weight is 425 g/mol. The van der Waals surface area contributed by atoms with E-state index in [2.05, 4.69) is 5.32 Å². The number of likely N-dealkylation sites (tertiary alicyclic amines) is 1. The van der Waals surface area contributed by atoms with Crippen molar-refractivity contribution in [2.24, 2.45) is 5.92 Å². The fourth-order valence-corrected chi connectivity index (χ4v) is 3.98. The zero-order valence-electron chi connectivity index (χ0n) is 16.1. The Hall–Kier alpha value is -2.55. The largest absolute Gasteiger partial charge is 0.418 e. The van der Waals surface area contributed by atoms with E-state index in [0.717, 1.165) is 6.07 Å². The Bertz CT molecular complexity index is 874. The number of thiophene rings is 1. The van der Waals surface area contributed by atoms with Gasteiger partial charge in [0.2, 0.25) is 5.91 Å². The minimum absolute atomic E-state index is 0.0718. The number of amides is 2. The zero-order valence-corrected chi connectivity index (χ0v) is 16.9. The van der Waals surface area contributed by atoms with Gasteiger partial charge >= 0.3 is 6.18 Å². The summed E-state index contributed by atoms with van der Waals surface area (Å²) in [6.45, 7) is 0.807. The van der Waals surface area contributed by atoms with Crippen LogP contribution in [0.5, 0.6) is 0 Å². The van der Waals surface area contributed by atoms with Crippen molar-refractivity contribution in [2.45, 2.75) is 19.0 Å². The van der Waals surface area contributed by atoms with Crippen molar-refractivity contribution in [2.75, 3.05) is 37.4 Å². The monoisotopic (exact) mass is 425 g/mol. The predicted octanol–water partition coefficient (Wildman–Crippen LogP) is 4.32. The summed E-state index contributed by atoms with van der Waals surface area (Å²) in [5.74, 6) is -0.953. The van der Waals surface area contributed by atoms with Gasteiger partial charge in [-0.2, -0.15) is 13.2 Å². The molecule has 2 heterocycles. The molecular weight excluding hydrogens is 403 g/mol. The number of nitrogens with one attached hydrogen (secondary N) is 1. The number of hydrogen-bond donors (Lipinski definition) is 1. The highest BCUT2D eigenvalue weighted by Crippen LogP contribution is 2.37. The van der Waals surface area contributed by atoms with Gasteiger partial charge in [0.1, 0.15) is 0 Å². The van der Waals surface area contributed by atoms with Crippen molar-refractivity contribution in [3.8, 4) is 0 Å². The number of benzene rings is 1. The van der Waals surface area contributed by atoms with Crippen LogP contribution in [0.15, 0.2) is 35.7 Å². The first-order chi connectivity index (χ1) is 13.7. The lowest BCUT2D eigenvalue weighted by molar-refractivity contribution is -0.137. The van der Waals surface area contributed by atoms with Crippen LogP contribution in [-0.4, -0.2) is 43.9 Å². The topological polar surface area (TPSA) is 52.7 Å². The van der Waals surface area contributed by atoms with Crippen LogP contribution in [0.25, 0.3) is 0 Å². The predicted molar refractivity (Wildman–Crippen MR) is 107 cm³/mol. The maximum absolute atomic E-state index is 13.4. The molecule has 1 N–H and O–H groups in total. The van der Waals surface area contributed by atoms with Gasteiger partial charge in [0.25, 0.3) is 5.91 Å². The quantitative estimate of drug-likeness (QED) is 0.794. The van der Waals surface area contributed by atoms with Gasteiger partial charge in [0, 0.05) is 38.8 Å². The highest BCUT2D eigenvalue weighted by molar-refractivity contribution is 7.12. The summed E-state index contributed by atoms with van der Waals surface area (Å²) in [4.78, 5) is 28.9. The fraction of sp³-hybridized carbons (Fsp3) is 0.400. The highest BCUT2D eigenvalue weighted by atomic mass is 32.1. The summed E-state index contributed by atoms with van der Waals surface area (Å²) in [7, 11) is 3.30. The second kappa shape index (κ2) is 8.44. The normalized spacial score (nSPS) is 15.3. The van der Waals surface area contributed by atoms with E-state index in [1.165, 1.54) is 23.5 Å². The Morgan fingerprint density at radius 3 is 2.41 bits per heavy atom. The maximum Gasteiger partial charge on any atom is 0.418 e. The third kappa shape index (κ3) is 4.90. The molecule has 0 atom stereocenters. The molecule has 0 unspecified atom stereocenters. The van der Waals surface area contributed by atoms with E-state index < -0.39 is 23.6 Å². The summed E-state index contributed by atoms with van der Waals surface area (Å²) in [6, 6.07) is 7.40. The molecule has 1 saturated heterocycles. The molecule has 1 aromatic carbocycles. The first-order valence-corrected chi connectivity index (χ1v) is 10.1. The summed E-state index contributed by atoms with van der Waals surface area (Å²) in [5, 5.41) is 4.27. The molecule has 1 aromatic heterocycles. The zero-order chi connectivity index (χ0) is 21.2. The molecule has 1 aliphatic rings. The molecule has 1 fully saturated rings. The molecule has 1 aliphatic heterocycles. The van der Waals surface area contributed by atoms with Gasteiger partial charge in [-0.25, -0.2) is 0 Å². The van der Waals surface area contributed by atoms with Crippen LogP contribution in [0.1, 0.15) is 28.1 Å². The van der Waals surface area contributed by atoms with E-state index in [1.54, 1.807) is 36.0 Å². The fourth-order valence-electron chi connectivity index (χ4n) is 3.29. The number of hydrogen-bond acceptors (Lipinski definition) is 4. The van der Waals surface area contributed by atoms with Gasteiger partial charge in [-0.15, -0.1) is 11.3 Å². The van der Waals surface area contributed by atoms with E-state index >= 15 is 0 Å². The SMILES string of the molecule is CN(C)c1ccc(NC(=O)C2CCN(C(=O)c3cccs3)CC2)c(C(F)(F)F)c1. The van der Waals surface area contributed by atoms with E-state index in [4.69, 9.17) is 0 Å². The highest BCUT2D eigenvalue weighted by Gasteiger charge is 2.35. The minimum Gasteiger partial charge on any atom is -0.378 e. The molecule has 2 aromatic rings. The third-order valence-corrected chi connectivity index (χ3v) is 5.83. The Kier molecular flexibility index (Phi) is 6.16. The first kappa shape index (κ1) is 21.2. The van der Waals surface area contributed by atoms with E-state index in [9.17, 15) is 22.8 Å². The number of piperidine rings is 1. The second-order valence-corrected chi connectivity index (χ2v) is 8.10. The van der Waals surface area contributed by atoms with Crippen LogP contribution in [0.4, 0.5) is 24.5 Å². The van der Waals surface area contributed by atoms with Crippen molar-refractivity contribution < 1.29 is 22.8 Å². The van der Waals surface area contributed by atoms with Crippen LogP contribution in [-0.2, 0) is 11.0 Å². The number of nitrogens with zero attached hydrogens (tertiary/aromatic N) is 2. The standard InChI is InChI=1S/C20H22F3N3O2S/c1-25(2)14-5-6-16(15(12-14)20(21,22)23)24-18(27)13-7-9-26(10-8-13)19(28)17-4-3-11-29-17/h3-6,11-13H,7-10H2,1-2H3,(H,24,27). The molecule has 9 heteroatoms. The number of halogens is 3. The van der Waals surface area contributed by atoms with Crippen molar-refractivity contribution in [3.05, 3.63) is 46.2 Å². The Balaban J connectivity index is 1.66. The molecule has 3 rings (SSSR count). The molecule has 29 heavy (non-hydrogen) atoms. The van der Waals surface area contributed by atoms with Gasteiger partial charge in [-0.05, 0) is 42.5 Å². The maximum atomic E-state index is 13.4. The smallest absolute Gasteiger partial charge is 0.378 e. The third-order valence-electron chi connectivity index (χ3n) is 4.97. The summed E-state index contributed by atoms with van der Waals surface area (Å²) in [6.07, 6.45) is -3.74. The summed E-state index contributed by atoms with van der Waals surface area (Å²) >= 11 is 1.36. The summed E-state index contributed by atoms with van der Waals surface area (Å²) < 4.78 is 40.3. The van der Waals surface area contributed by atoms with E-state index in [1.807, 2.05) is 5.38 Å². The molecule has 0 saturated carbocycles. The second-order valence-electron chi connectivity index (χ2n) is 7.16. The van der Waals surface area contributed by atoms with Gasteiger partial charge in [-0.3, -0.25) is 9.59 Å². The van der Waals surface area contributed by atoms with Gasteiger partial charge < -0.3 is 15.1 Å². The number of carbonyl (C=O) groups is 2. The molecule has 0 spiro atoms. The molecule has 5 nitrogen and oxygen atoms in total. The Labute approximate surface area is 171 Å². The van der Waals surface area contributed by atoms with Gasteiger partial charge in [-0.1, -0.05) is 6.07 Å². The lowest BCUT2D eigenvalue weighted by Crippen LogP contribution is -2.41. The van der Waals surface area contributed by atoms with Crippen molar-refractivity contribution in [1.82, 2.24) is 4.90 Å². The number of alkyl halides is 3. The lowest BCUT2D eigenvalue weighted by Gasteiger charge is -2.31. The Morgan fingerprint density at radius 1 is 1.17 bits per heavy atom. The van der Waals surface area contributed by atoms with Crippen LogP contribution in [0.2, 0.25) is 0 Å².